The Balaban J connectivity index is 1.62. The van der Waals surface area contributed by atoms with Crippen LogP contribution in [0.15, 0.2) is 82.8 Å². The Bertz CT molecular complexity index is 1000. The monoisotopic (exact) mass is 329 g/mol. The predicted octanol–water partition coefficient (Wildman–Crippen LogP) is 2.40. The Labute approximate surface area is 144 Å². The van der Waals surface area contributed by atoms with Crippen LogP contribution < -0.4 is 11.0 Å². The molecule has 1 heterocycles. The van der Waals surface area contributed by atoms with Gasteiger partial charge >= 0.3 is 0 Å². The van der Waals surface area contributed by atoms with E-state index in [4.69, 9.17) is 0 Å². The molecule has 25 heavy (non-hydrogen) atoms. The zero-order valence-corrected chi connectivity index (χ0v) is 13.3. The van der Waals surface area contributed by atoms with Crippen molar-refractivity contribution in [3.63, 3.8) is 0 Å². The number of nitrogens with one attached hydrogen (secondary N) is 1. The summed E-state index contributed by atoms with van der Waals surface area (Å²) in [5.74, 6) is -0.345. The van der Waals surface area contributed by atoms with Gasteiger partial charge in [0.1, 0.15) is 6.54 Å². The molecule has 1 aliphatic rings. The topological polar surface area (TPSA) is 63.5 Å². The first kappa shape index (κ1) is 15.1. The molecule has 0 saturated carbocycles. The first-order valence-corrected chi connectivity index (χ1v) is 7.95. The van der Waals surface area contributed by atoms with Gasteiger partial charge < -0.3 is 4.57 Å². The third kappa shape index (κ3) is 2.76. The van der Waals surface area contributed by atoms with E-state index < -0.39 is 0 Å². The van der Waals surface area contributed by atoms with Gasteiger partial charge in [-0.25, -0.2) is 5.43 Å². The third-order valence-corrected chi connectivity index (χ3v) is 4.16. The molecule has 4 rings (SSSR count). The van der Waals surface area contributed by atoms with Crippen LogP contribution >= 0.6 is 0 Å². The number of amides is 1. The quantitative estimate of drug-likeness (QED) is 0.587. The molecule has 0 spiro atoms. The minimum Gasteiger partial charge on any atom is -0.306 e. The van der Waals surface area contributed by atoms with Crippen molar-refractivity contribution in [2.24, 2.45) is 5.10 Å². The van der Waals surface area contributed by atoms with Gasteiger partial charge in [-0.1, -0.05) is 54.6 Å². The second-order valence-electron chi connectivity index (χ2n) is 5.75. The van der Waals surface area contributed by atoms with Gasteiger partial charge in [-0.2, -0.15) is 5.10 Å². The molecule has 5 heteroatoms. The molecule has 1 aromatic heterocycles. The molecule has 3 aromatic rings. The molecule has 0 fully saturated rings. The summed E-state index contributed by atoms with van der Waals surface area (Å²) < 4.78 is 1.34. The fourth-order valence-corrected chi connectivity index (χ4v) is 3.01. The van der Waals surface area contributed by atoms with Gasteiger partial charge in [0.2, 0.25) is 0 Å². The highest BCUT2D eigenvalue weighted by Gasteiger charge is 2.24. The van der Waals surface area contributed by atoms with Gasteiger partial charge in [0, 0.05) is 23.4 Å². The Morgan fingerprint density at radius 1 is 0.840 bits per heavy atom. The van der Waals surface area contributed by atoms with Crippen LogP contribution in [0.4, 0.5) is 0 Å². The van der Waals surface area contributed by atoms with Crippen LogP contribution in [0, 0.1) is 0 Å². The molecular formula is C20H15N3O2. The summed E-state index contributed by atoms with van der Waals surface area (Å²) in [5, 5.41) is 4.33. The number of fused-ring (bicyclic) bond motifs is 3. The van der Waals surface area contributed by atoms with E-state index in [9.17, 15) is 9.59 Å². The van der Waals surface area contributed by atoms with E-state index in [0.717, 1.165) is 28.0 Å². The molecule has 0 atom stereocenters. The van der Waals surface area contributed by atoms with Crippen molar-refractivity contribution < 1.29 is 4.79 Å². The standard InChI is InChI=1S/C20H15N3O2/c24-18(13-23-12-6-5-11-19(23)25)21-22-20-16-9-3-1-7-14(16)15-8-2-4-10-17(15)20/h1-12H,13H2,(H,21,24). The highest BCUT2D eigenvalue weighted by atomic mass is 16.2. The van der Waals surface area contributed by atoms with Crippen molar-refractivity contribution >= 4 is 11.6 Å². The van der Waals surface area contributed by atoms with Crippen molar-refractivity contribution in [2.45, 2.75) is 6.54 Å². The van der Waals surface area contributed by atoms with Crippen LogP contribution in [0.2, 0.25) is 0 Å². The highest BCUT2D eigenvalue weighted by Crippen LogP contribution is 2.36. The van der Waals surface area contributed by atoms with Gasteiger partial charge in [-0.15, -0.1) is 0 Å². The second kappa shape index (κ2) is 6.20. The molecule has 122 valence electrons. The average Bonchev–Trinajstić information content (AvgIpc) is 2.96. The summed E-state index contributed by atoms with van der Waals surface area (Å²) in [7, 11) is 0. The summed E-state index contributed by atoms with van der Waals surface area (Å²) in [5.41, 5.74) is 7.27. The smallest absolute Gasteiger partial charge is 0.260 e. The lowest BCUT2D eigenvalue weighted by Gasteiger charge is -2.05. The summed E-state index contributed by atoms with van der Waals surface area (Å²) in [4.78, 5) is 23.9. The third-order valence-electron chi connectivity index (χ3n) is 4.16. The molecule has 1 N–H and O–H groups in total. The number of hydrazone groups is 1. The minimum absolute atomic E-state index is 0.0697. The number of carbonyl (C=O) groups excluding carboxylic acids is 1. The summed E-state index contributed by atoms with van der Waals surface area (Å²) in [6.45, 7) is -0.0697. The van der Waals surface area contributed by atoms with Crippen LogP contribution in [0.3, 0.4) is 0 Å². The van der Waals surface area contributed by atoms with E-state index in [1.165, 1.54) is 10.6 Å². The number of pyridine rings is 1. The van der Waals surface area contributed by atoms with E-state index in [0.29, 0.717) is 0 Å². The molecule has 0 aliphatic heterocycles. The van der Waals surface area contributed by atoms with E-state index in [1.807, 2.05) is 48.5 Å². The van der Waals surface area contributed by atoms with Crippen molar-refractivity contribution in [2.75, 3.05) is 0 Å². The molecule has 0 unspecified atom stereocenters. The number of rotatable bonds is 3. The van der Waals surface area contributed by atoms with Crippen molar-refractivity contribution in [1.29, 1.82) is 0 Å². The van der Waals surface area contributed by atoms with Crippen molar-refractivity contribution in [3.05, 3.63) is 94.4 Å². The molecule has 1 amide bonds. The van der Waals surface area contributed by atoms with E-state index in [1.54, 1.807) is 18.3 Å². The number of aromatic nitrogens is 1. The largest absolute Gasteiger partial charge is 0.306 e. The molecule has 1 aliphatic carbocycles. The van der Waals surface area contributed by atoms with Gasteiger partial charge in [0.25, 0.3) is 11.5 Å². The zero-order valence-electron chi connectivity index (χ0n) is 13.3. The van der Waals surface area contributed by atoms with Gasteiger partial charge in [-0.05, 0) is 17.2 Å². The predicted molar refractivity (Wildman–Crippen MR) is 96.4 cm³/mol. The van der Waals surface area contributed by atoms with E-state index >= 15 is 0 Å². The molecular weight excluding hydrogens is 314 g/mol. The fraction of sp³-hybridized carbons (Fsp3) is 0.0500. The fourth-order valence-electron chi connectivity index (χ4n) is 3.01. The van der Waals surface area contributed by atoms with Gasteiger partial charge in [0.05, 0.1) is 5.71 Å². The van der Waals surface area contributed by atoms with Gasteiger partial charge in [-0.3, -0.25) is 9.59 Å². The Morgan fingerprint density at radius 3 is 2.00 bits per heavy atom. The minimum atomic E-state index is -0.345. The van der Waals surface area contributed by atoms with Gasteiger partial charge in [0.15, 0.2) is 0 Å². The maximum absolute atomic E-state index is 12.2. The second-order valence-corrected chi connectivity index (χ2v) is 5.75. The summed E-state index contributed by atoms with van der Waals surface area (Å²) >= 11 is 0. The molecule has 5 nitrogen and oxygen atoms in total. The number of hydrogen-bond donors (Lipinski definition) is 1. The Kier molecular flexibility index (Phi) is 3.74. The molecule has 2 aromatic carbocycles. The number of carbonyl (C=O) groups is 1. The summed E-state index contributed by atoms with van der Waals surface area (Å²) in [6, 6.07) is 20.7. The number of nitrogens with zero attached hydrogens (tertiary/aromatic N) is 2. The number of hydrogen-bond acceptors (Lipinski definition) is 3. The van der Waals surface area contributed by atoms with E-state index in [2.05, 4.69) is 10.5 Å². The van der Waals surface area contributed by atoms with Crippen LogP contribution in [0.1, 0.15) is 11.1 Å². The van der Waals surface area contributed by atoms with Crippen LogP contribution in [0.25, 0.3) is 11.1 Å². The average molecular weight is 329 g/mol. The normalized spacial score (nSPS) is 11.6. The van der Waals surface area contributed by atoms with E-state index in [-0.39, 0.29) is 18.0 Å². The molecule has 0 bridgehead atoms. The lowest BCUT2D eigenvalue weighted by atomic mass is 10.1. The van der Waals surface area contributed by atoms with Crippen LogP contribution in [-0.2, 0) is 11.3 Å². The molecule has 0 radical (unpaired) electrons. The van der Waals surface area contributed by atoms with Crippen LogP contribution in [-0.4, -0.2) is 16.2 Å². The Morgan fingerprint density at radius 2 is 1.40 bits per heavy atom. The Hall–Kier alpha value is -3.47. The highest BCUT2D eigenvalue weighted by molar-refractivity contribution is 6.24. The maximum atomic E-state index is 12.2. The lowest BCUT2D eigenvalue weighted by molar-refractivity contribution is -0.121. The SMILES string of the molecule is O=C(Cn1ccccc1=O)NN=C1c2ccccc2-c2ccccc21. The maximum Gasteiger partial charge on any atom is 0.260 e. The molecule has 0 saturated heterocycles. The first-order chi connectivity index (χ1) is 12.2. The number of benzene rings is 2. The van der Waals surface area contributed by atoms with Crippen molar-refractivity contribution in [1.82, 2.24) is 9.99 Å². The van der Waals surface area contributed by atoms with Crippen molar-refractivity contribution in [3.8, 4) is 11.1 Å². The summed E-state index contributed by atoms with van der Waals surface area (Å²) in [6.07, 6.45) is 1.58. The van der Waals surface area contributed by atoms with Crippen LogP contribution in [0.5, 0.6) is 0 Å². The first-order valence-electron chi connectivity index (χ1n) is 7.95. The lowest BCUT2D eigenvalue weighted by Crippen LogP contribution is -2.29. The zero-order chi connectivity index (χ0) is 17.2.